The van der Waals surface area contributed by atoms with E-state index < -0.39 is 10.0 Å². The van der Waals surface area contributed by atoms with Crippen molar-refractivity contribution in [3.8, 4) is 0 Å². The van der Waals surface area contributed by atoms with Gasteiger partial charge in [0.05, 0.1) is 4.90 Å². The summed E-state index contributed by atoms with van der Waals surface area (Å²) >= 11 is 0. The zero-order chi connectivity index (χ0) is 14.4. The smallest absolute Gasteiger partial charge is 0.241 e. The van der Waals surface area contributed by atoms with Crippen LogP contribution in [0.2, 0.25) is 0 Å². The average Bonchev–Trinajstić information content (AvgIpc) is 2.46. The number of sulfonamides is 1. The largest absolute Gasteiger partial charge is 0.370 e. The van der Waals surface area contributed by atoms with Crippen LogP contribution in [0.5, 0.6) is 0 Å². The Morgan fingerprint density at radius 1 is 1.30 bits per heavy atom. The van der Waals surface area contributed by atoms with E-state index in [0.717, 1.165) is 38.6 Å². The fraction of sp³-hybridized carbons (Fsp3) is 0.643. The molecule has 20 heavy (non-hydrogen) atoms. The van der Waals surface area contributed by atoms with E-state index in [1.165, 1.54) is 12.6 Å². The van der Waals surface area contributed by atoms with Gasteiger partial charge in [-0.05, 0) is 25.3 Å². The maximum atomic E-state index is 12.4. The molecule has 6 heteroatoms. The van der Waals surface area contributed by atoms with Gasteiger partial charge in [0.1, 0.15) is 5.82 Å². The third kappa shape index (κ3) is 4.18. The maximum Gasteiger partial charge on any atom is 0.241 e. The van der Waals surface area contributed by atoms with Crippen LogP contribution in [0.3, 0.4) is 0 Å². The van der Waals surface area contributed by atoms with Gasteiger partial charge in [0.2, 0.25) is 10.0 Å². The molecule has 1 aromatic heterocycles. The topological polar surface area (TPSA) is 71.1 Å². The number of hydrogen-bond acceptors (Lipinski definition) is 4. The predicted octanol–water partition coefficient (Wildman–Crippen LogP) is 2.51. The predicted molar refractivity (Wildman–Crippen MR) is 80.2 cm³/mol. The lowest BCUT2D eigenvalue weighted by molar-refractivity contribution is 0.412. The van der Waals surface area contributed by atoms with Crippen molar-refractivity contribution < 1.29 is 8.42 Å². The van der Waals surface area contributed by atoms with Gasteiger partial charge in [-0.3, -0.25) is 0 Å². The van der Waals surface area contributed by atoms with Crippen molar-refractivity contribution in [3.63, 3.8) is 0 Å². The SMILES string of the molecule is CCCNc1cc(S(=O)(=O)NC2CCCCC2)ccn1. The summed E-state index contributed by atoms with van der Waals surface area (Å²) in [7, 11) is -3.44. The van der Waals surface area contributed by atoms with Gasteiger partial charge in [-0.15, -0.1) is 0 Å². The van der Waals surface area contributed by atoms with E-state index in [4.69, 9.17) is 0 Å². The summed E-state index contributed by atoms with van der Waals surface area (Å²) in [5, 5.41) is 3.11. The van der Waals surface area contributed by atoms with Gasteiger partial charge < -0.3 is 5.32 Å². The number of pyridine rings is 1. The summed E-state index contributed by atoms with van der Waals surface area (Å²) < 4.78 is 27.5. The van der Waals surface area contributed by atoms with Crippen LogP contribution in [-0.4, -0.2) is 26.0 Å². The van der Waals surface area contributed by atoms with Crippen LogP contribution in [0, 0.1) is 0 Å². The van der Waals surface area contributed by atoms with Crippen LogP contribution in [-0.2, 0) is 10.0 Å². The van der Waals surface area contributed by atoms with Crippen LogP contribution in [0.15, 0.2) is 23.2 Å². The highest BCUT2D eigenvalue weighted by Crippen LogP contribution is 2.20. The van der Waals surface area contributed by atoms with E-state index in [1.54, 1.807) is 12.1 Å². The lowest BCUT2D eigenvalue weighted by Crippen LogP contribution is -2.36. The first-order chi connectivity index (χ1) is 9.62. The lowest BCUT2D eigenvalue weighted by Gasteiger charge is -2.22. The first kappa shape index (κ1) is 15.3. The van der Waals surface area contributed by atoms with Crippen LogP contribution >= 0.6 is 0 Å². The summed E-state index contributed by atoms with van der Waals surface area (Å²) in [6.07, 6.45) is 7.79. The Morgan fingerprint density at radius 2 is 2.05 bits per heavy atom. The summed E-state index contributed by atoms with van der Waals surface area (Å²) in [6, 6.07) is 3.22. The molecule has 1 heterocycles. The molecule has 0 spiro atoms. The van der Waals surface area contributed by atoms with Crippen LogP contribution in [0.4, 0.5) is 5.82 Å². The first-order valence-corrected chi connectivity index (χ1v) is 8.82. The Morgan fingerprint density at radius 3 is 2.75 bits per heavy atom. The van der Waals surface area contributed by atoms with E-state index in [-0.39, 0.29) is 10.9 Å². The van der Waals surface area contributed by atoms with Crippen molar-refractivity contribution >= 4 is 15.8 Å². The minimum Gasteiger partial charge on any atom is -0.370 e. The molecular weight excluding hydrogens is 274 g/mol. The van der Waals surface area contributed by atoms with Crippen molar-refractivity contribution in [1.29, 1.82) is 0 Å². The van der Waals surface area contributed by atoms with Gasteiger partial charge in [-0.1, -0.05) is 26.2 Å². The second-order valence-electron chi connectivity index (χ2n) is 5.26. The molecule has 0 aromatic carbocycles. The van der Waals surface area contributed by atoms with Crippen LogP contribution in [0.25, 0.3) is 0 Å². The third-order valence-corrected chi connectivity index (χ3v) is 5.04. The molecule has 1 fully saturated rings. The standard InChI is InChI=1S/C14H23N3O2S/c1-2-9-15-14-11-13(8-10-16-14)20(18,19)17-12-6-4-3-5-7-12/h8,10-12,17H,2-7,9H2,1H3,(H,15,16). The monoisotopic (exact) mass is 297 g/mol. The van der Waals surface area contributed by atoms with E-state index in [1.807, 2.05) is 0 Å². The molecule has 1 saturated carbocycles. The number of rotatable bonds is 6. The second-order valence-corrected chi connectivity index (χ2v) is 6.97. The highest BCUT2D eigenvalue weighted by Gasteiger charge is 2.22. The van der Waals surface area contributed by atoms with Gasteiger partial charge >= 0.3 is 0 Å². The molecule has 0 atom stereocenters. The minimum atomic E-state index is -3.44. The van der Waals surface area contributed by atoms with Crippen LogP contribution < -0.4 is 10.0 Å². The Kier molecular flexibility index (Phi) is 5.37. The van der Waals surface area contributed by atoms with Crippen molar-refractivity contribution in [2.24, 2.45) is 0 Å². The van der Waals surface area contributed by atoms with Gasteiger partial charge in [0, 0.05) is 24.8 Å². The number of anilines is 1. The molecule has 2 rings (SSSR count). The Bertz CT molecular complexity index is 525. The highest BCUT2D eigenvalue weighted by atomic mass is 32.2. The molecule has 0 bridgehead atoms. The fourth-order valence-electron chi connectivity index (χ4n) is 2.44. The average molecular weight is 297 g/mol. The molecule has 0 unspecified atom stereocenters. The van der Waals surface area contributed by atoms with E-state index in [2.05, 4.69) is 21.9 Å². The van der Waals surface area contributed by atoms with Gasteiger partial charge in [-0.2, -0.15) is 0 Å². The fourth-order valence-corrected chi connectivity index (χ4v) is 3.75. The summed E-state index contributed by atoms with van der Waals surface area (Å²) in [6.45, 7) is 2.84. The Labute approximate surface area is 121 Å². The molecule has 112 valence electrons. The zero-order valence-electron chi connectivity index (χ0n) is 11.9. The molecule has 1 aliphatic carbocycles. The van der Waals surface area contributed by atoms with E-state index in [9.17, 15) is 8.42 Å². The van der Waals surface area contributed by atoms with Crippen molar-refractivity contribution in [3.05, 3.63) is 18.3 Å². The van der Waals surface area contributed by atoms with Crippen molar-refractivity contribution in [2.45, 2.75) is 56.4 Å². The van der Waals surface area contributed by atoms with Crippen molar-refractivity contribution in [2.75, 3.05) is 11.9 Å². The highest BCUT2D eigenvalue weighted by molar-refractivity contribution is 7.89. The molecule has 0 radical (unpaired) electrons. The quantitative estimate of drug-likeness (QED) is 0.846. The molecule has 0 amide bonds. The normalized spacial score (nSPS) is 17.1. The second kappa shape index (κ2) is 7.04. The van der Waals surface area contributed by atoms with E-state index in [0.29, 0.717) is 5.82 Å². The van der Waals surface area contributed by atoms with E-state index >= 15 is 0 Å². The molecule has 1 aromatic rings. The minimum absolute atomic E-state index is 0.0777. The zero-order valence-corrected chi connectivity index (χ0v) is 12.7. The van der Waals surface area contributed by atoms with Gasteiger partial charge in [0.25, 0.3) is 0 Å². The number of aromatic nitrogens is 1. The molecule has 5 nitrogen and oxygen atoms in total. The molecule has 0 aliphatic heterocycles. The number of hydrogen-bond donors (Lipinski definition) is 2. The van der Waals surface area contributed by atoms with Gasteiger partial charge in [-0.25, -0.2) is 18.1 Å². The summed E-state index contributed by atoms with van der Waals surface area (Å²) in [5.74, 6) is 0.610. The first-order valence-electron chi connectivity index (χ1n) is 7.34. The third-order valence-electron chi connectivity index (χ3n) is 3.52. The number of nitrogens with zero attached hydrogens (tertiary/aromatic N) is 1. The Hall–Kier alpha value is -1.14. The molecule has 2 N–H and O–H groups in total. The number of nitrogens with one attached hydrogen (secondary N) is 2. The molecule has 0 saturated heterocycles. The van der Waals surface area contributed by atoms with Crippen LogP contribution in [0.1, 0.15) is 45.4 Å². The molecular formula is C14H23N3O2S. The maximum absolute atomic E-state index is 12.4. The van der Waals surface area contributed by atoms with Crippen molar-refractivity contribution in [1.82, 2.24) is 9.71 Å². The molecule has 1 aliphatic rings. The Balaban J connectivity index is 2.07. The lowest BCUT2D eigenvalue weighted by atomic mass is 9.96. The van der Waals surface area contributed by atoms with Gasteiger partial charge in [0.15, 0.2) is 0 Å². The summed E-state index contributed by atoms with van der Waals surface area (Å²) in [4.78, 5) is 4.42. The summed E-state index contributed by atoms with van der Waals surface area (Å²) in [5.41, 5.74) is 0.